The van der Waals surface area contributed by atoms with E-state index >= 15 is 0 Å². The molecule has 2 amide bonds. The largest absolute Gasteiger partial charge is 0.394 e. The van der Waals surface area contributed by atoms with Gasteiger partial charge in [0.15, 0.2) is 10.8 Å². The molecule has 0 saturated heterocycles. The monoisotopic (exact) mass is 560 g/mol. The van der Waals surface area contributed by atoms with E-state index in [9.17, 15) is 19.1 Å². The SMILES string of the molecule is CC(C)C[C@@H](CO)NC(=O)c1c(-c2ccccc2F)nc2c(C(=O)NCc3ccc4nc(N)sc4c3)cccn12. The van der Waals surface area contributed by atoms with Gasteiger partial charge in [-0.2, -0.15) is 0 Å². The number of aliphatic hydroxyl groups excluding tert-OH is 1. The van der Waals surface area contributed by atoms with Gasteiger partial charge in [0.05, 0.1) is 28.4 Å². The lowest BCUT2D eigenvalue weighted by Gasteiger charge is -2.18. The number of rotatable bonds is 9. The van der Waals surface area contributed by atoms with Crippen LogP contribution in [0.5, 0.6) is 0 Å². The summed E-state index contributed by atoms with van der Waals surface area (Å²) in [6.45, 7) is 3.98. The zero-order valence-corrected chi connectivity index (χ0v) is 22.8. The van der Waals surface area contributed by atoms with E-state index in [2.05, 4.69) is 20.6 Å². The van der Waals surface area contributed by atoms with Gasteiger partial charge >= 0.3 is 0 Å². The Kier molecular flexibility index (Phi) is 7.76. The summed E-state index contributed by atoms with van der Waals surface area (Å²) in [6, 6.07) is 14.4. The number of thiazole rings is 1. The van der Waals surface area contributed by atoms with Crippen LogP contribution in [0.4, 0.5) is 9.52 Å². The molecule has 3 aromatic heterocycles. The minimum absolute atomic E-state index is 0.0743. The quantitative estimate of drug-likeness (QED) is 0.211. The van der Waals surface area contributed by atoms with Crippen molar-refractivity contribution < 1.29 is 19.1 Å². The molecule has 11 heteroatoms. The van der Waals surface area contributed by atoms with E-state index in [4.69, 9.17) is 5.73 Å². The molecule has 0 spiro atoms. The molecule has 0 fully saturated rings. The predicted octanol–water partition coefficient (Wildman–Crippen LogP) is 4.40. The van der Waals surface area contributed by atoms with Crippen molar-refractivity contribution >= 4 is 44.1 Å². The predicted molar refractivity (Wildman–Crippen MR) is 154 cm³/mol. The molecule has 40 heavy (non-hydrogen) atoms. The van der Waals surface area contributed by atoms with Crippen molar-refractivity contribution in [1.29, 1.82) is 0 Å². The number of amides is 2. The summed E-state index contributed by atoms with van der Waals surface area (Å²) < 4.78 is 17.3. The normalized spacial score (nSPS) is 12.2. The Morgan fingerprint density at radius 1 is 1.10 bits per heavy atom. The second-order valence-electron chi connectivity index (χ2n) is 9.92. The van der Waals surface area contributed by atoms with E-state index in [0.717, 1.165) is 15.8 Å². The second-order valence-corrected chi connectivity index (χ2v) is 11.0. The molecule has 0 radical (unpaired) electrons. The number of pyridine rings is 1. The fraction of sp³-hybridized carbons (Fsp3) is 0.241. The average molecular weight is 561 g/mol. The number of anilines is 1. The Hall–Kier alpha value is -4.35. The van der Waals surface area contributed by atoms with Crippen LogP contribution in [0.25, 0.3) is 27.1 Å². The molecule has 0 aliphatic carbocycles. The molecule has 2 aromatic carbocycles. The number of benzene rings is 2. The number of nitrogen functional groups attached to an aromatic ring is 1. The lowest BCUT2D eigenvalue weighted by atomic mass is 10.0. The smallest absolute Gasteiger partial charge is 0.270 e. The molecule has 1 atom stereocenters. The first-order chi connectivity index (χ1) is 19.2. The Morgan fingerprint density at radius 3 is 2.65 bits per heavy atom. The van der Waals surface area contributed by atoms with Gasteiger partial charge in [0.2, 0.25) is 0 Å². The van der Waals surface area contributed by atoms with Crippen molar-refractivity contribution in [2.45, 2.75) is 32.9 Å². The number of imidazole rings is 1. The van der Waals surface area contributed by atoms with Crippen LogP contribution in [-0.2, 0) is 6.54 Å². The highest BCUT2D eigenvalue weighted by molar-refractivity contribution is 7.22. The highest BCUT2D eigenvalue weighted by Crippen LogP contribution is 2.29. The minimum Gasteiger partial charge on any atom is -0.394 e. The third-order valence-electron chi connectivity index (χ3n) is 6.47. The van der Waals surface area contributed by atoms with Gasteiger partial charge in [-0.15, -0.1) is 0 Å². The summed E-state index contributed by atoms with van der Waals surface area (Å²) in [4.78, 5) is 35.7. The number of nitrogens with zero attached hydrogens (tertiary/aromatic N) is 3. The molecule has 0 unspecified atom stereocenters. The summed E-state index contributed by atoms with van der Waals surface area (Å²) in [7, 11) is 0. The van der Waals surface area contributed by atoms with Crippen molar-refractivity contribution in [3.63, 3.8) is 0 Å². The number of aliphatic hydroxyl groups is 1. The summed E-state index contributed by atoms with van der Waals surface area (Å²) in [6.07, 6.45) is 2.17. The standard InChI is InChI=1S/C29H29FN6O3S/c1-16(2)12-18(15-37)33-28(39)25-24(19-6-3-4-8-21(19)30)35-26-20(7-5-11-36(25)26)27(38)32-14-17-9-10-22-23(13-17)40-29(31)34-22/h3-11,13,16,18,37H,12,14-15H2,1-2H3,(H2,31,34)(H,32,38)(H,33,39)/t18-/m0/s1. The van der Waals surface area contributed by atoms with Crippen LogP contribution in [0, 0.1) is 11.7 Å². The number of nitrogens with two attached hydrogens (primary N) is 1. The molecule has 9 nitrogen and oxygen atoms in total. The highest BCUT2D eigenvalue weighted by atomic mass is 32.1. The Labute approximate surface area is 233 Å². The number of aromatic nitrogens is 3. The van der Waals surface area contributed by atoms with Gasteiger partial charge in [-0.1, -0.05) is 43.4 Å². The Bertz CT molecular complexity index is 1710. The third kappa shape index (κ3) is 5.51. The van der Waals surface area contributed by atoms with Gasteiger partial charge in [0, 0.05) is 18.3 Å². The molecule has 5 N–H and O–H groups in total. The first kappa shape index (κ1) is 27.2. The van der Waals surface area contributed by atoms with Crippen LogP contribution in [0.1, 0.15) is 46.7 Å². The Morgan fingerprint density at radius 2 is 1.90 bits per heavy atom. The van der Waals surface area contributed by atoms with Crippen molar-refractivity contribution in [3.8, 4) is 11.3 Å². The number of nitrogens with one attached hydrogen (secondary N) is 2. The number of hydrogen-bond acceptors (Lipinski definition) is 7. The van der Waals surface area contributed by atoms with E-state index in [0.29, 0.717) is 11.6 Å². The lowest BCUT2D eigenvalue weighted by Crippen LogP contribution is -2.39. The van der Waals surface area contributed by atoms with Crippen LogP contribution in [0.15, 0.2) is 60.8 Å². The maximum Gasteiger partial charge on any atom is 0.270 e. The van der Waals surface area contributed by atoms with Crippen molar-refractivity contribution in [1.82, 2.24) is 25.0 Å². The van der Waals surface area contributed by atoms with Crippen LogP contribution < -0.4 is 16.4 Å². The van der Waals surface area contributed by atoms with Crippen LogP contribution in [0.2, 0.25) is 0 Å². The minimum atomic E-state index is -0.550. The van der Waals surface area contributed by atoms with E-state index in [1.54, 1.807) is 30.5 Å². The zero-order valence-electron chi connectivity index (χ0n) is 22.0. The zero-order chi connectivity index (χ0) is 28.4. The Balaban J connectivity index is 1.51. The number of halogens is 1. The van der Waals surface area contributed by atoms with Gasteiger partial charge in [-0.3, -0.25) is 14.0 Å². The maximum absolute atomic E-state index is 14.9. The van der Waals surface area contributed by atoms with Gasteiger partial charge in [-0.05, 0) is 54.3 Å². The fourth-order valence-corrected chi connectivity index (χ4v) is 5.48. The van der Waals surface area contributed by atoms with E-state index < -0.39 is 23.7 Å². The van der Waals surface area contributed by atoms with Crippen LogP contribution >= 0.6 is 11.3 Å². The molecule has 0 saturated carbocycles. The summed E-state index contributed by atoms with van der Waals surface area (Å²) in [5, 5.41) is 16.1. The lowest BCUT2D eigenvalue weighted by molar-refractivity contribution is 0.0901. The maximum atomic E-state index is 14.9. The summed E-state index contributed by atoms with van der Waals surface area (Å²) >= 11 is 1.37. The number of fused-ring (bicyclic) bond motifs is 2. The third-order valence-corrected chi connectivity index (χ3v) is 7.32. The molecule has 5 aromatic rings. The van der Waals surface area contributed by atoms with E-state index in [-0.39, 0.29) is 47.2 Å². The molecule has 206 valence electrons. The number of carbonyl (C=O) groups is 2. The topological polar surface area (TPSA) is 135 Å². The first-order valence-electron chi connectivity index (χ1n) is 12.9. The van der Waals surface area contributed by atoms with E-state index in [1.807, 2.05) is 32.0 Å². The van der Waals surface area contributed by atoms with Crippen LogP contribution in [0.3, 0.4) is 0 Å². The van der Waals surface area contributed by atoms with Gasteiger partial charge in [-0.25, -0.2) is 14.4 Å². The first-order valence-corrected chi connectivity index (χ1v) is 13.7. The second kappa shape index (κ2) is 11.4. The molecule has 5 rings (SSSR count). The summed E-state index contributed by atoms with van der Waals surface area (Å²) in [5.74, 6) is -1.25. The van der Waals surface area contributed by atoms with Crippen molar-refractivity contribution in [2.24, 2.45) is 5.92 Å². The molecule has 0 bridgehead atoms. The number of carbonyl (C=O) groups excluding carboxylic acids is 2. The molecular weight excluding hydrogens is 531 g/mol. The fourth-order valence-electron chi connectivity index (χ4n) is 4.68. The highest BCUT2D eigenvalue weighted by Gasteiger charge is 2.26. The number of hydrogen-bond donors (Lipinski definition) is 4. The van der Waals surface area contributed by atoms with Gasteiger partial charge in [0.1, 0.15) is 17.2 Å². The molecule has 0 aliphatic heterocycles. The van der Waals surface area contributed by atoms with Crippen LogP contribution in [-0.4, -0.2) is 43.9 Å². The summed E-state index contributed by atoms with van der Waals surface area (Å²) in [5.41, 5.74) is 8.20. The molecule has 0 aliphatic rings. The van der Waals surface area contributed by atoms with Gasteiger partial charge in [0.25, 0.3) is 11.8 Å². The van der Waals surface area contributed by atoms with Gasteiger partial charge < -0.3 is 21.5 Å². The van der Waals surface area contributed by atoms with Crippen molar-refractivity contribution in [3.05, 3.63) is 83.4 Å². The average Bonchev–Trinajstić information content (AvgIpc) is 3.50. The van der Waals surface area contributed by atoms with Crippen molar-refractivity contribution in [2.75, 3.05) is 12.3 Å². The molecule has 3 heterocycles. The molecular formula is C29H29FN6O3S. The van der Waals surface area contributed by atoms with E-state index in [1.165, 1.54) is 27.9 Å².